The molecule has 0 aliphatic carbocycles. The Morgan fingerprint density at radius 2 is 1.30 bits per heavy atom. The molecule has 2 amide bonds. The first-order chi connectivity index (χ1) is 9.58. The molecule has 0 saturated heterocycles. The highest BCUT2D eigenvalue weighted by Crippen LogP contribution is 2.06. The van der Waals surface area contributed by atoms with Crippen molar-refractivity contribution in [1.29, 1.82) is 0 Å². The van der Waals surface area contributed by atoms with Gasteiger partial charge in [0.2, 0.25) is 0 Å². The number of amides is 2. The van der Waals surface area contributed by atoms with Crippen LogP contribution in [0, 0.1) is 0 Å². The van der Waals surface area contributed by atoms with Crippen LogP contribution in [0.3, 0.4) is 0 Å². The van der Waals surface area contributed by atoms with Crippen molar-refractivity contribution in [3.05, 3.63) is 71.3 Å². The molecule has 0 heterocycles. The predicted octanol–water partition coefficient (Wildman–Crippen LogP) is 1.95. The van der Waals surface area contributed by atoms with Crippen LogP contribution >= 0.6 is 0 Å². The quantitative estimate of drug-likeness (QED) is 0.834. The number of nitrogens with one attached hydrogen (secondary N) is 1. The van der Waals surface area contributed by atoms with Gasteiger partial charge in [0.25, 0.3) is 11.8 Å². The number of hydrogen-bond acceptors (Lipinski definition) is 3. The Morgan fingerprint density at radius 3 is 1.95 bits per heavy atom. The fourth-order valence-electron chi connectivity index (χ4n) is 1.63. The van der Waals surface area contributed by atoms with E-state index in [9.17, 15) is 14.4 Å². The lowest BCUT2D eigenvalue weighted by Crippen LogP contribution is -2.30. The third-order valence-corrected chi connectivity index (χ3v) is 2.63. The number of carboxylic acid groups (broad SMARTS) is 1. The Kier molecular flexibility index (Phi) is 3.91. The average molecular weight is 269 g/mol. The summed E-state index contributed by atoms with van der Waals surface area (Å²) in [5.74, 6) is -2.30. The van der Waals surface area contributed by atoms with E-state index in [1.54, 1.807) is 30.3 Å². The number of aromatic carboxylic acids is 1. The molecule has 0 fully saturated rings. The molecule has 0 atom stereocenters. The van der Waals surface area contributed by atoms with Gasteiger partial charge in [-0.2, -0.15) is 0 Å². The highest BCUT2D eigenvalue weighted by Gasteiger charge is 2.13. The molecular formula is C15H11NO4. The van der Waals surface area contributed by atoms with Gasteiger partial charge in [0.15, 0.2) is 0 Å². The van der Waals surface area contributed by atoms with Crippen molar-refractivity contribution in [2.75, 3.05) is 0 Å². The van der Waals surface area contributed by atoms with Gasteiger partial charge in [-0.3, -0.25) is 14.9 Å². The van der Waals surface area contributed by atoms with Crippen LogP contribution in [-0.2, 0) is 0 Å². The summed E-state index contributed by atoms with van der Waals surface area (Å²) in [6.45, 7) is 0. The van der Waals surface area contributed by atoms with Gasteiger partial charge in [0.1, 0.15) is 0 Å². The van der Waals surface area contributed by atoms with Crippen molar-refractivity contribution in [3.8, 4) is 0 Å². The molecule has 0 aromatic heterocycles. The Morgan fingerprint density at radius 1 is 0.750 bits per heavy atom. The van der Waals surface area contributed by atoms with E-state index in [1.807, 2.05) is 0 Å². The SMILES string of the molecule is O=C(O)c1cccc(C(=O)NC(=O)c2ccccc2)c1. The summed E-state index contributed by atoms with van der Waals surface area (Å²) in [6, 6.07) is 13.8. The predicted molar refractivity (Wildman–Crippen MR) is 71.6 cm³/mol. The zero-order valence-electron chi connectivity index (χ0n) is 10.4. The Labute approximate surface area is 114 Å². The molecular weight excluding hydrogens is 258 g/mol. The minimum Gasteiger partial charge on any atom is -0.478 e. The molecule has 0 spiro atoms. The van der Waals surface area contributed by atoms with Gasteiger partial charge in [-0.05, 0) is 30.3 Å². The summed E-state index contributed by atoms with van der Waals surface area (Å²) in [5, 5.41) is 11.1. The summed E-state index contributed by atoms with van der Waals surface area (Å²) in [6.07, 6.45) is 0. The highest BCUT2D eigenvalue weighted by atomic mass is 16.4. The van der Waals surface area contributed by atoms with E-state index < -0.39 is 17.8 Å². The summed E-state index contributed by atoms with van der Waals surface area (Å²) in [4.78, 5) is 34.5. The number of benzene rings is 2. The zero-order valence-corrected chi connectivity index (χ0v) is 10.4. The van der Waals surface area contributed by atoms with Gasteiger partial charge < -0.3 is 5.11 Å². The normalized spacial score (nSPS) is 9.80. The molecule has 100 valence electrons. The molecule has 2 N–H and O–H groups in total. The molecule has 0 saturated carbocycles. The molecule has 2 aromatic rings. The van der Waals surface area contributed by atoms with Crippen LogP contribution in [0.2, 0.25) is 0 Å². The van der Waals surface area contributed by atoms with E-state index in [-0.39, 0.29) is 11.1 Å². The zero-order chi connectivity index (χ0) is 14.5. The van der Waals surface area contributed by atoms with E-state index in [0.29, 0.717) is 5.56 Å². The second kappa shape index (κ2) is 5.79. The van der Waals surface area contributed by atoms with Crippen molar-refractivity contribution < 1.29 is 19.5 Å². The van der Waals surface area contributed by atoms with E-state index in [4.69, 9.17) is 5.11 Å². The molecule has 20 heavy (non-hydrogen) atoms. The number of carboxylic acids is 1. The standard InChI is InChI=1S/C15H11NO4/c17-13(10-5-2-1-3-6-10)16-14(18)11-7-4-8-12(9-11)15(19)20/h1-9H,(H,19,20)(H,16,17,18). The third kappa shape index (κ3) is 3.08. The fourth-order valence-corrected chi connectivity index (χ4v) is 1.63. The second-order valence-corrected chi connectivity index (χ2v) is 4.04. The van der Waals surface area contributed by atoms with Crippen molar-refractivity contribution >= 4 is 17.8 Å². The Balaban J connectivity index is 2.15. The summed E-state index contributed by atoms with van der Waals surface area (Å²) in [7, 11) is 0. The van der Waals surface area contributed by atoms with Crippen LogP contribution in [0.25, 0.3) is 0 Å². The number of carbonyl (C=O) groups is 3. The van der Waals surface area contributed by atoms with Gasteiger partial charge in [-0.15, -0.1) is 0 Å². The topological polar surface area (TPSA) is 83.5 Å². The Hall–Kier alpha value is -2.95. The number of carbonyl (C=O) groups excluding carboxylic acids is 2. The van der Waals surface area contributed by atoms with Crippen LogP contribution in [0.4, 0.5) is 0 Å². The number of rotatable bonds is 3. The average Bonchev–Trinajstić information content (AvgIpc) is 2.48. The minimum absolute atomic E-state index is 0.00944. The van der Waals surface area contributed by atoms with E-state index in [2.05, 4.69) is 5.32 Å². The van der Waals surface area contributed by atoms with E-state index in [0.717, 1.165) is 0 Å². The summed E-state index contributed by atoms with van der Waals surface area (Å²) >= 11 is 0. The van der Waals surface area contributed by atoms with E-state index in [1.165, 1.54) is 24.3 Å². The maximum absolute atomic E-state index is 11.9. The monoisotopic (exact) mass is 269 g/mol. The maximum Gasteiger partial charge on any atom is 0.335 e. The summed E-state index contributed by atoms with van der Waals surface area (Å²) < 4.78 is 0. The Bertz CT molecular complexity index is 665. The molecule has 5 heteroatoms. The van der Waals surface area contributed by atoms with Gasteiger partial charge in [-0.25, -0.2) is 4.79 Å². The lowest BCUT2D eigenvalue weighted by Gasteiger charge is -2.04. The van der Waals surface area contributed by atoms with Crippen LogP contribution in [-0.4, -0.2) is 22.9 Å². The first-order valence-corrected chi connectivity index (χ1v) is 5.82. The van der Waals surface area contributed by atoms with Crippen molar-refractivity contribution in [3.63, 3.8) is 0 Å². The van der Waals surface area contributed by atoms with Crippen LogP contribution in [0.5, 0.6) is 0 Å². The molecule has 0 radical (unpaired) electrons. The van der Waals surface area contributed by atoms with Crippen molar-refractivity contribution in [2.45, 2.75) is 0 Å². The van der Waals surface area contributed by atoms with Gasteiger partial charge in [0, 0.05) is 11.1 Å². The molecule has 2 rings (SSSR count). The lowest BCUT2D eigenvalue weighted by molar-refractivity contribution is 0.0696. The fraction of sp³-hybridized carbons (Fsp3) is 0. The lowest BCUT2D eigenvalue weighted by atomic mass is 10.1. The third-order valence-electron chi connectivity index (χ3n) is 2.63. The number of hydrogen-bond donors (Lipinski definition) is 2. The molecule has 5 nitrogen and oxygen atoms in total. The first-order valence-electron chi connectivity index (χ1n) is 5.82. The van der Waals surface area contributed by atoms with Crippen LogP contribution in [0.1, 0.15) is 31.1 Å². The smallest absolute Gasteiger partial charge is 0.335 e. The maximum atomic E-state index is 11.9. The molecule has 0 unspecified atom stereocenters. The highest BCUT2D eigenvalue weighted by molar-refractivity contribution is 6.10. The molecule has 0 aliphatic rings. The van der Waals surface area contributed by atoms with Gasteiger partial charge in [0.05, 0.1) is 5.56 Å². The van der Waals surface area contributed by atoms with Gasteiger partial charge >= 0.3 is 5.97 Å². The summed E-state index contributed by atoms with van der Waals surface area (Å²) in [5.41, 5.74) is 0.467. The number of imide groups is 1. The molecule has 0 aliphatic heterocycles. The first kappa shape index (κ1) is 13.5. The second-order valence-electron chi connectivity index (χ2n) is 4.04. The minimum atomic E-state index is -1.13. The van der Waals surface area contributed by atoms with E-state index >= 15 is 0 Å². The van der Waals surface area contributed by atoms with Crippen molar-refractivity contribution in [2.24, 2.45) is 0 Å². The van der Waals surface area contributed by atoms with Gasteiger partial charge in [-0.1, -0.05) is 24.3 Å². The molecule has 0 bridgehead atoms. The largest absolute Gasteiger partial charge is 0.478 e. The van der Waals surface area contributed by atoms with Crippen molar-refractivity contribution in [1.82, 2.24) is 5.32 Å². The molecule has 2 aromatic carbocycles. The van der Waals surface area contributed by atoms with Crippen LogP contribution < -0.4 is 5.32 Å². The van der Waals surface area contributed by atoms with Crippen LogP contribution in [0.15, 0.2) is 54.6 Å².